The lowest BCUT2D eigenvalue weighted by atomic mass is 10.2. The minimum Gasteiger partial charge on any atom is -0.369 e. The number of benzene rings is 1. The molecular weight excluding hydrogens is 408 g/mol. The first kappa shape index (κ1) is 20.1. The Kier molecular flexibility index (Phi) is 5.67. The molecule has 1 fully saturated rings. The van der Waals surface area contributed by atoms with Crippen molar-refractivity contribution in [2.24, 2.45) is 0 Å². The van der Waals surface area contributed by atoms with Crippen LogP contribution in [0.4, 0.5) is 10.9 Å². The summed E-state index contributed by atoms with van der Waals surface area (Å²) in [5.41, 5.74) is 3.18. The van der Waals surface area contributed by atoms with Crippen LogP contribution in [0.2, 0.25) is 0 Å². The molecule has 0 saturated carbocycles. The highest BCUT2D eigenvalue weighted by Gasteiger charge is 2.25. The minimum absolute atomic E-state index is 0.0660. The van der Waals surface area contributed by atoms with Gasteiger partial charge in [0.05, 0.1) is 29.9 Å². The van der Waals surface area contributed by atoms with E-state index in [4.69, 9.17) is 14.7 Å². The van der Waals surface area contributed by atoms with Crippen molar-refractivity contribution in [1.29, 1.82) is 0 Å². The summed E-state index contributed by atoms with van der Waals surface area (Å²) >= 11 is 1.56. The number of anilines is 2. The van der Waals surface area contributed by atoms with Gasteiger partial charge in [0.25, 0.3) is 0 Å². The lowest BCUT2D eigenvalue weighted by Crippen LogP contribution is -2.38. The third-order valence-corrected chi connectivity index (χ3v) is 6.16. The van der Waals surface area contributed by atoms with Crippen molar-refractivity contribution in [3.05, 3.63) is 65.6 Å². The molecule has 1 aliphatic heterocycles. The van der Waals surface area contributed by atoms with E-state index in [0.717, 1.165) is 47.6 Å². The van der Waals surface area contributed by atoms with Crippen LogP contribution in [0.5, 0.6) is 0 Å². The van der Waals surface area contributed by atoms with E-state index in [1.807, 2.05) is 29.6 Å². The smallest absolute Gasteiger partial charge is 0.188 e. The molecule has 7 nitrogen and oxygen atoms in total. The van der Waals surface area contributed by atoms with Crippen molar-refractivity contribution in [3.63, 3.8) is 0 Å². The molecule has 1 aliphatic rings. The fourth-order valence-electron chi connectivity index (χ4n) is 4.10. The summed E-state index contributed by atoms with van der Waals surface area (Å²) in [6, 6.07) is 14.7. The number of hydrogen-bond donors (Lipinski definition) is 1. The van der Waals surface area contributed by atoms with Crippen LogP contribution in [0, 0.1) is 0 Å². The molecule has 8 heteroatoms. The Balaban J connectivity index is 1.33. The van der Waals surface area contributed by atoms with Crippen LogP contribution in [-0.2, 0) is 11.3 Å². The maximum atomic E-state index is 6.09. The van der Waals surface area contributed by atoms with Gasteiger partial charge in [-0.1, -0.05) is 18.2 Å². The first-order valence-electron chi connectivity index (χ1n) is 10.6. The van der Waals surface area contributed by atoms with Gasteiger partial charge in [-0.2, -0.15) is 0 Å². The Bertz CT molecular complexity index is 1160. The molecule has 1 unspecified atom stereocenters. The number of morpholine rings is 1. The van der Waals surface area contributed by atoms with Crippen molar-refractivity contribution in [3.8, 4) is 0 Å². The van der Waals surface area contributed by atoms with Crippen molar-refractivity contribution in [2.45, 2.75) is 32.5 Å². The zero-order valence-corrected chi connectivity index (χ0v) is 18.5. The molecule has 4 heterocycles. The van der Waals surface area contributed by atoms with E-state index in [1.165, 1.54) is 5.52 Å². The van der Waals surface area contributed by atoms with Gasteiger partial charge < -0.3 is 14.6 Å². The Hall–Kier alpha value is -2.81. The van der Waals surface area contributed by atoms with E-state index in [-0.39, 0.29) is 6.10 Å². The van der Waals surface area contributed by atoms with E-state index >= 15 is 0 Å². The van der Waals surface area contributed by atoms with Gasteiger partial charge in [0, 0.05) is 30.7 Å². The molecule has 0 aliphatic carbocycles. The molecule has 1 aromatic carbocycles. The van der Waals surface area contributed by atoms with Crippen LogP contribution in [0.3, 0.4) is 0 Å². The van der Waals surface area contributed by atoms with Crippen LogP contribution < -0.4 is 5.32 Å². The Morgan fingerprint density at radius 3 is 2.90 bits per heavy atom. The normalized spacial score (nSPS) is 17.5. The van der Waals surface area contributed by atoms with E-state index in [0.29, 0.717) is 12.6 Å². The molecule has 0 radical (unpaired) electrons. The molecule has 0 spiro atoms. The Morgan fingerprint density at radius 1 is 1.16 bits per heavy atom. The third kappa shape index (κ3) is 4.32. The lowest BCUT2D eigenvalue weighted by Gasteiger charge is -2.32. The zero-order valence-electron chi connectivity index (χ0n) is 17.7. The second-order valence-corrected chi connectivity index (χ2v) is 8.88. The highest BCUT2D eigenvalue weighted by Crippen LogP contribution is 2.26. The van der Waals surface area contributed by atoms with Crippen LogP contribution in [0.15, 0.2) is 54.0 Å². The third-order valence-electron chi connectivity index (χ3n) is 5.47. The van der Waals surface area contributed by atoms with Crippen LogP contribution in [-0.4, -0.2) is 44.1 Å². The number of rotatable bonds is 6. The molecule has 1 N–H and O–H groups in total. The average molecular weight is 435 g/mol. The molecule has 31 heavy (non-hydrogen) atoms. The maximum Gasteiger partial charge on any atom is 0.188 e. The molecule has 3 aromatic heterocycles. The second-order valence-electron chi connectivity index (χ2n) is 7.98. The van der Waals surface area contributed by atoms with Gasteiger partial charge >= 0.3 is 0 Å². The number of thiazole rings is 1. The molecule has 1 saturated heterocycles. The fourth-order valence-corrected chi connectivity index (χ4v) is 4.64. The number of pyridine rings is 1. The topological polar surface area (TPSA) is 68.1 Å². The van der Waals surface area contributed by atoms with E-state index in [9.17, 15) is 0 Å². The van der Waals surface area contributed by atoms with Gasteiger partial charge in [-0.25, -0.2) is 15.0 Å². The number of fused-ring (bicyclic) bond motifs is 1. The average Bonchev–Trinajstić information content (AvgIpc) is 3.41. The summed E-state index contributed by atoms with van der Waals surface area (Å²) in [5.74, 6) is 1.89. The molecule has 4 aromatic rings. The maximum absolute atomic E-state index is 6.09. The van der Waals surface area contributed by atoms with E-state index < -0.39 is 0 Å². The summed E-state index contributed by atoms with van der Waals surface area (Å²) in [6.07, 6.45) is 1.72. The fraction of sp³-hybridized carbons (Fsp3) is 0.348. The Morgan fingerprint density at radius 2 is 2.06 bits per heavy atom. The van der Waals surface area contributed by atoms with Gasteiger partial charge in [-0.15, -0.1) is 11.3 Å². The number of imidazole rings is 1. The number of hydrogen-bond acceptors (Lipinski definition) is 7. The van der Waals surface area contributed by atoms with Crippen LogP contribution >= 0.6 is 11.3 Å². The largest absolute Gasteiger partial charge is 0.369 e. The monoisotopic (exact) mass is 434 g/mol. The molecule has 0 bridgehead atoms. The first-order valence-corrected chi connectivity index (χ1v) is 11.5. The van der Waals surface area contributed by atoms with Gasteiger partial charge in [0.15, 0.2) is 5.13 Å². The van der Waals surface area contributed by atoms with Crippen molar-refractivity contribution < 1.29 is 4.74 Å². The van der Waals surface area contributed by atoms with E-state index in [1.54, 1.807) is 17.5 Å². The number of nitrogens with zero attached hydrogens (tertiary/aromatic N) is 5. The summed E-state index contributed by atoms with van der Waals surface area (Å²) in [6.45, 7) is 7.57. The summed E-state index contributed by atoms with van der Waals surface area (Å²) in [5, 5.41) is 6.04. The predicted molar refractivity (Wildman–Crippen MR) is 124 cm³/mol. The molecule has 160 valence electrons. The second kappa shape index (κ2) is 8.74. The summed E-state index contributed by atoms with van der Waals surface area (Å²) in [4.78, 5) is 16.4. The van der Waals surface area contributed by atoms with E-state index in [2.05, 4.69) is 51.8 Å². The minimum atomic E-state index is -0.0660. The van der Waals surface area contributed by atoms with Gasteiger partial charge in [-0.3, -0.25) is 4.90 Å². The van der Waals surface area contributed by atoms with Crippen LogP contribution in [0.25, 0.3) is 11.0 Å². The molecule has 1 atom stereocenters. The van der Waals surface area contributed by atoms with Crippen LogP contribution in [0.1, 0.15) is 37.5 Å². The Labute approximate surface area is 185 Å². The molecule has 5 rings (SSSR count). The summed E-state index contributed by atoms with van der Waals surface area (Å²) in [7, 11) is 0. The predicted octanol–water partition coefficient (Wildman–Crippen LogP) is 4.79. The summed E-state index contributed by atoms with van der Waals surface area (Å²) < 4.78 is 8.43. The number of para-hydroxylation sites is 2. The highest BCUT2D eigenvalue weighted by atomic mass is 32.1. The number of aromatic nitrogens is 4. The zero-order chi connectivity index (χ0) is 21.2. The number of nitrogens with one attached hydrogen (secondary N) is 1. The first-order chi connectivity index (χ1) is 15.2. The lowest BCUT2D eigenvalue weighted by molar-refractivity contribution is -0.0359. The van der Waals surface area contributed by atoms with Gasteiger partial charge in [0.2, 0.25) is 0 Å². The van der Waals surface area contributed by atoms with Gasteiger partial charge in [-0.05, 0) is 38.1 Å². The standard InChI is InChI=1S/C23H26N6OS/c1-16(2)29-19-8-4-3-6-17(19)26-22(29)15-28-11-12-30-20(14-28)18-7-5-9-21(25-18)27-23-24-10-13-31-23/h3-10,13,16,20H,11-12,14-15H2,1-2H3,(H,24,25,27). The van der Waals surface area contributed by atoms with Crippen molar-refractivity contribution >= 4 is 33.3 Å². The molecule has 0 amide bonds. The van der Waals surface area contributed by atoms with Crippen molar-refractivity contribution in [1.82, 2.24) is 24.4 Å². The quantitative estimate of drug-likeness (QED) is 0.471. The SMILES string of the molecule is CC(C)n1c(CN2CCOC(c3cccc(Nc4nccs4)n3)C2)nc2ccccc21. The van der Waals surface area contributed by atoms with Crippen molar-refractivity contribution in [2.75, 3.05) is 25.0 Å². The highest BCUT2D eigenvalue weighted by molar-refractivity contribution is 7.13. The van der Waals surface area contributed by atoms with Gasteiger partial charge in [0.1, 0.15) is 17.7 Å². The molecular formula is C23H26N6OS. The number of ether oxygens (including phenoxy) is 1.